The van der Waals surface area contributed by atoms with Crippen molar-refractivity contribution in [3.63, 3.8) is 0 Å². The molecule has 0 aromatic carbocycles. The Bertz CT molecular complexity index is 200. The molecule has 0 rings (SSSR count). The molecule has 0 unspecified atom stereocenters. The van der Waals surface area contributed by atoms with Gasteiger partial charge in [-0.15, -0.1) is 7.92 Å². The van der Waals surface area contributed by atoms with E-state index >= 15 is 0 Å². The van der Waals surface area contributed by atoms with Crippen LogP contribution in [0.4, 0.5) is 0 Å². The largest absolute Gasteiger partial charge is 0.637 e. The molecule has 0 saturated heterocycles. The minimum absolute atomic E-state index is 0.366. The number of hydrogen-bond acceptors (Lipinski definition) is 1. The van der Waals surface area contributed by atoms with Crippen LogP contribution in [0, 0.1) is 5.21 Å². The van der Waals surface area contributed by atoms with Gasteiger partial charge in [-0.3, -0.25) is 0 Å². The quantitative estimate of drug-likeness (QED) is 0.117. The lowest BCUT2D eigenvalue weighted by molar-refractivity contribution is -0.275. The third-order valence-corrected chi connectivity index (χ3v) is 8.33. The summed E-state index contributed by atoms with van der Waals surface area (Å²) < 4.78 is 0. The van der Waals surface area contributed by atoms with E-state index in [1.807, 2.05) is 5.90 Å². The maximum atomic E-state index is 8.00. The van der Waals surface area contributed by atoms with Crippen molar-refractivity contribution in [3.8, 4) is 0 Å². The van der Waals surface area contributed by atoms with Gasteiger partial charge < -0.3 is 11.1 Å². The molecule has 0 saturated carbocycles. The van der Waals surface area contributed by atoms with Crippen molar-refractivity contribution >= 4 is 7.92 Å². The zero-order chi connectivity index (χ0) is 20.4. The smallest absolute Gasteiger partial charge is 0.0326 e. The van der Waals surface area contributed by atoms with Crippen molar-refractivity contribution in [2.75, 3.05) is 18.5 Å². The van der Waals surface area contributed by atoms with Crippen molar-refractivity contribution in [1.82, 2.24) is 0 Å². The van der Waals surface area contributed by atoms with Crippen LogP contribution < -0.4 is 5.90 Å². The second-order valence-corrected chi connectivity index (χ2v) is 10.8. The van der Waals surface area contributed by atoms with Crippen molar-refractivity contribution in [3.05, 3.63) is 5.21 Å². The molecule has 0 bridgehead atoms. The first-order valence-electron chi connectivity index (χ1n) is 12.4. The normalized spacial score (nSPS) is 10.9. The molecule has 0 aliphatic rings. The molecular formula is C24H54NOP. The lowest BCUT2D eigenvalue weighted by atomic mass is 10.1. The summed E-state index contributed by atoms with van der Waals surface area (Å²) >= 11 is 0. The summed E-state index contributed by atoms with van der Waals surface area (Å²) in [5.41, 5.74) is 0. The molecule has 2 nitrogen and oxygen atoms in total. The van der Waals surface area contributed by atoms with Crippen LogP contribution >= 0.6 is 7.92 Å². The Morgan fingerprint density at radius 1 is 0.407 bits per heavy atom. The molecule has 3 heteroatoms. The lowest BCUT2D eigenvalue weighted by Crippen LogP contribution is -2.37. The molecule has 27 heavy (non-hydrogen) atoms. The van der Waals surface area contributed by atoms with Crippen LogP contribution in [0.15, 0.2) is 0 Å². The molecular weight excluding hydrogens is 349 g/mol. The van der Waals surface area contributed by atoms with E-state index in [9.17, 15) is 0 Å². The van der Waals surface area contributed by atoms with Gasteiger partial charge in [-0.05, 0) is 37.7 Å². The summed E-state index contributed by atoms with van der Waals surface area (Å²) in [5.74, 6) is 2.00. The second kappa shape index (κ2) is 28.6. The van der Waals surface area contributed by atoms with Crippen molar-refractivity contribution < 1.29 is 5.90 Å². The van der Waals surface area contributed by atoms with E-state index in [0.29, 0.717) is 7.92 Å². The van der Waals surface area contributed by atoms with Gasteiger partial charge in [0.2, 0.25) is 0 Å². The van der Waals surface area contributed by atoms with Crippen LogP contribution in [-0.2, 0) is 0 Å². The average Bonchev–Trinajstić information content (AvgIpc) is 2.70. The molecule has 0 amide bonds. The van der Waals surface area contributed by atoms with E-state index in [2.05, 4.69) is 20.8 Å². The standard InChI is InChI=1S/C24H51P.H3NO/c1-4-7-10-13-16-19-22-25(23-20-17-14-11-8-5-2)24-21-18-15-12-9-6-3;1-2/h4-24H2,1-3H3;1H3. The first-order valence-corrected chi connectivity index (χ1v) is 14.3. The summed E-state index contributed by atoms with van der Waals surface area (Å²) in [6, 6.07) is 0. The zero-order valence-corrected chi connectivity index (χ0v) is 20.3. The van der Waals surface area contributed by atoms with Gasteiger partial charge in [0, 0.05) is 0 Å². The third-order valence-electron chi connectivity index (χ3n) is 5.48. The monoisotopic (exact) mass is 403 g/mol. The molecule has 0 atom stereocenters. The Morgan fingerprint density at radius 2 is 0.630 bits per heavy atom. The summed E-state index contributed by atoms with van der Waals surface area (Å²) in [6.07, 6.45) is 31.2. The van der Waals surface area contributed by atoms with Crippen LogP contribution in [-0.4, -0.2) is 18.5 Å². The van der Waals surface area contributed by atoms with Gasteiger partial charge in [-0.25, -0.2) is 0 Å². The zero-order valence-electron chi connectivity index (χ0n) is 19.4. The summed E-state index contributed by atoms with van der Waals surface area (Å²) in [4.78, 5) is 0. The minimum atomic E-state index is 0.366. The fourth-order valence-corrected chi connectivity index (χ4v) is 6.37. The maximum absolute atomic E-state index is 8.00. The van der Waals surface area contributed by atoms with Crippen LogP contribution in [0.3, 0.4) is 0 Å². The SMILES string of the molecule is CCCCCCCCP(CCCCCCCC)CCCCCCCC.[NH3+][O-]. The van der Waals surface area contributed by atoms with Crippen LogP contribution in [0.5, 0.6) is 0 Å². The van der Waals surface area contributed by atoms with E-state index in [-0.39, 0.29) is 0 Å². The van der Waals surface area contributed by atoms with Crippen LogP contribution in [0.25, 0.3) is 0 Å². The van der Waals surface area contributed by atoms with Gasteiger partial charge in [-0.2, -0.15) is 0 Å². The van der Waals surface area contributed by atoms with Gasteiger partial charge in [0.1, 0.15) is 0 Å². The molecule has 0 aliphatic carbocycles. The predicted octanol–water partition coefficient (Wildman–Crippen LogP) is 8.28. The van der Waals surface area contributed by atoms with Gasteiger partial charge in [0.25, 0.3) is 0 Å². The van der Waals surface area contributed by atoms with Crippen LogP contribution in [0.1, 0.15) is 136 Å². The number of rotatable bonds is 21. The highest BCUT2D eigenvalue weighted by molar-refractivity contribution is 7.57. The Hall–Kier alpha value is 0.350. The summed E-state index contributed by atoms with van der Waals surface area (Å²) in [7, 11) is 0.366. The molecule has 0 fully saturated rings. The third kappa shape index (κ3) is 26.4. The highest BCUT2D eigenvalue weighted by atomic mass is 31.1. The van der Waals surface area contributed by atoms with E-state index in [1.54, 1.807) is 18.5 Å². The molecule has 0 aromatic rings. The predicted molar refractivity (Wildman–Crippen MR) is 128 cm³/mol. The number of unbranched alkanes of at least 4 members (excludes halogenated alkanes) is 15. The average molecular weight is 404 g/mol. The van der Waals surface area contributed by atoms with E-state index in [4.69, 9.17) is 5.21 Å². The van der Waals surface area contributed by atoms with Gasteiger partial charge in [0.05, 0.1) is 0 Å². The minimum Gasteiger partial charge on any atom is -0.637 e. The van der Waals surface area contributed by atoms with E-state index in [1.165, 1.54) is 116 Å². The Kier molecular flexibility index (Phi) is 31.3. The number of quaternary nitrogens is 1. The Balaban J connectivity index is 0. The molecule has 0 heterocycles. The highest BCUT2D eigenvalue weighted by Crippen LogP contribution is 2.39. The molecule has 3 N–H and O–H groups in total. The van der Waals surface area contributed by atoms with Gasteiger partial charge in [0.15, 0.2) is 0 Å². The first kappa shape index (κ1) is 29.6. The molecule has 0 aliphatic heterocycles. The van der Waals surface area contributed by atoms with Crippen molar-refractivity contribution in [2.24, 2.45) is 0 Å². The second-order valence-electron chi connectivity index (χ2n) is 8.14. The van der Waals surface area contributed by atoms with E-state index < -0.39 is 0 Å². The summed E-state index contributed by atoms with van der Waals surface area (Å²) in [6.45, 7) is 6.96. The number of hydrogen-bond donors (Lipinski definition) is 1. The fraction of sp³-hybridized carbons (Fsp3) is 1.00. The van der Waals surface area contributed by atoms with Gasteiger partial charge >= 0.3 is 0 Å². The molecule has 0 radical (unpaired) electrons. The van der Waals surface area contributed by atoms with E-state index in [0.717, 1.165) is 0 Å². The van der Waals surface area contributed by atoms with Crippen LogP contribution in [0.2, 0.25) is 0 Å². The molecule has 0 aromatic heterocycles. The molecule has 0 spiro atoms. The maximum Gasteiger partial charge on any atom is -0.0326 e. The van der Waals surface area contributed by atoms with Crippen molar-refractivity contribution in [1.29, 1.82) is 0 Å². The Morgan fingerprint density at radius 3 is 0.889 bits per heavy atom. The Labute approximate surface area is 174 Å². The molecule has 166 valence electrons. The van der Waals surface area contributed by atoms with Crippen molar-refractivity contribution in [2.45, 2.75) is 136 Å². The van der Waals surface area contributed by atoms with Gasteiger partial charge in [-0.1, -0.05) is 117 Å². The highest BCUT2D eigenvalue weighted by Gasteiger charge is 2.07. The lowest BCUT2D eigenvalue weighted by Gasteiger charge is -2.18. The topological polar surface area (TPSA) is 50.7 Å². The fourth-order valence-electron chi connectivity index (χ4n) is 3.68. The summed E-state index contributed by atoms with van der Waals surface area (Å²) in [5, 5.41) is 8.00. The first-order chi connectivity index (χ1) is 13.3.